The van der Waals surface area contributed by atoms with E-state index in [1.54, 1.807) is 6.07 Å². The molecule has 0 radical (unpaired) electrons. The number of rotatable bonds is 1. The summed E-state index contributed by atoms with van der Waals surface area (Å²) >= 11 is 5.75. The van der Waals surface area contributed by atoms with Crippen LogP contribution in [0, 0.1) is 12.7 Å². The summed E-state index contributed by atoms with van der Waals surface area (Å²) in [6, 6.07) is 3.09. The topological polar surface area (TPSA) is 30.9 Å². The van der Waals surface area contributed by atoms with Crippen molar-refractivity contribution in [1.29, 1.82) is 0 Å². The highest BCUT2D eigenvalue weighted by Gasteiger charge is 2.13. The fraction of sp³-hybridized carbons (Fsp3) is 0.273. The number of benzene rings is 1. The molecule has 1 aromatic heterocycles. The van der Waals surface area contributed by atoms with E-state index in [1.165, 1.54) is 6.07 Å². The lowest BCUT2D eigenvalue weighted by atomic mass is 10.1. The molecule has 0 fully saturated rings. The minimum Gasteiger partial charge on any atom is -0.348 e. The van der Waals surface area contributed by atoms with Gasteiger partial charge in [-0.2, -0.15) is 0 Å². The first-order chi connectivity index (χ1) is 7.06. The SMILES string of the molecule is Cc1c(CN)c2cc(Cl)c(F)cc2n1C. The predicted molar refractivity (Wildman–Crippen MR) is 60.5 cm³/mol. The van der Waals surface area contributed by atoms with Crippen LogP contribution in [-0.2, 0) is 13.6 Å². The van der Waals surface area contributed by atoms with Gasteiger partial charge in [0.2, 0.25) is 0 Å². The maximum atomic E-state index is 13.3. The summed E-state index contributed by atoms with van der Waals surface area (Å²) in [7, 11) is 1.89. The lowest BCUT2D eigenvalue weighted by Crippen LogP contribution is -1.98. The molecular weight excluding hydrogens is 215 g/mol. The normalized spacial score (nSPS) is 11.3. The van der Waals surface area contributed by atoms with E-state index in [2.05, 4.69) is 0 Å². The van der Waals surface area contributed by atoms with Crippen LogP contribution in [0.5, 0.6) is 0 Å². The average molecular weight is 227 g/mol. The number of nitrogens with two attached hydrogens (primary N) is 1. The Morgan fingerprint density at radius 1 is 1.47 bits per heavy atom. The molecule has 0 amide bonds. The molecule has 2 rings (SSSR count). The minimum atomic E-state index is -0.395. The van der Waals surface area contributed by atoms with Crippen molar-refractivity contribution in [3.8, 4) is 0 Å². The number of aryl methyl sites for hydroxylation is 1. The zero-order chi connectivity index (χ0) is 11.2. The molecule has 0 saturated heterocycles. The molecule has 0 aliphatic heterocycles. The van der Waals surface area contributed by atoms with Crippen molar-refractivity contribution in [2.45, 2.75) is 13.5 Å². The third kappa shape index (κ3) is 1.43. The Kier molecular flexibility index (Phi) is 2.44. The highest BCUT2D eigenvalue weighted by atomic mass is 35.5. The lowest BCUT2D eigenvalue weighted by molar-refractivity contribution is 0.629. The van der Waals surface area contributed by atoms with E-state index in [1.807, 2.05) is 18.5 Å². The molecule has 0 aliphatic carbocycles. The van der Waals surface area contributed by atoms with Gasteiger partial charge in [0.1, 0.15) is 5.82 Å². The number of nitrogens with zero attached hydrogens (tertiary/aromatic N) is 1. The molecule has 2 N–H and O–H groups in total. The van der Waals surface area contributed by atoms with Gasteiger partial charge < -0.3 is 10.3 Å². The van der Waals surface area contributed by atoms with Crippen molar-refractivity contribution >= 4 is 22.5 Å². The number of hydrogen-bond donors (Lipinski definition) is 1. The second kappa shape index (κ2) is 3.51. The van der Waals surface area contributed by atoms with Crippen LogP contribution in [0.3, 0.4) is 0 Å². The van der Waals surface area contributed by atoms with Crippen molar-refractivity contribution in [2.24, 2.45) is 12.8 Å². The third-order valence-corrected chi connectivity index (χ3v) is 3.16. The maximum absolute atomic E-state index is 13.3. The Balaban J connectivity index is 2.91. The molecule has 0 unspecified atom stereocenters. The zero-order valence-electron chi connectivity index (χ0n) is 8.64. The largest absolute Gasteiger partial charge is 0.348 e. The Labute approximate surface area is 92.4 Å². The van der Waals surface area contributed by atoms with E-state index in [-0.39, 0.29) is 5.02 Å². The van der Waals surface area contributed by atoms with Crippen molar-refractivity contribution in [1.82, 2.24) is 4.57 Å². The Bertz CT molecular complexity index is 531. The van der Waals surface area contributed by atoms with Gasteiger partial charge in [-0.25, -0.2) is 4.39 Å². The molecule has 4 heteroatoms. The lowest BCUT2D eigenvalue weighted by Gasteiger charge is -1.99. The summed E-state index contributed by atoms with van der Waals surface area (Å²) in [6.07, 6.45) is 0. The van der Waals surface area contributed by atoms with Crippen molar-refractivity contribution in [2.75, 3.05) is 0 Å². The van der Waals surface area contributed by atoms with Gasteiger partial charge in [-0.3, -0.25) is 0 Å². The van der Waals surface area contributed by atoms with Crippen LogP contribution in [0.25, 0.3) is 10.9 Å². The fourth-order valence-electron chi connectivity index (χ4n) is 1.89. The number of hydrogen-bond acceptors (Lipinski definition) is 1. The molecular formula is C11H12ClFN2. The quantitative estimate of drug-likeness (QED) is 0.797. The van der Waals surface area contributed by atoms with Crippen molar-refractivity contribution < 1.29 is 4.39 Å². The minimum absolute atomic E-state index is 0.141. The molecule has 0 spiro atoms. The Morgan fingerprint density at radius 3 is 2.73 bits per heavy atom. The molecule has 0 atom stereocenters. The molecule has 0 bridgehead atoms. The van der Waals surface area contributed by atoms with Crippen molar-refractivity contribution in [3.05, 3.63) is 34.2 Å². The van der Waals surface area contributed by atoms with Gasteiger partial charge in [-0.15, -0.1) is 0 Å². The van der Waals surface area contributed by atoms with Crippen LogP contribution in [-0.4, -0.2) is 4.57 Å². The van der Waals surface area contributed by atoms with Gasteiger partial charge in [0.05, 0.1) is 10.5 Å². The maximum Gasteiger partial charge on any atom is 0.143 e. The summed E-state index contributed by atoms with van der Waals surface area (Å²) in [4.78, 5) is 0. The van der Waals surface area contributed by atoms with E-state index in [9.17, 15) is 4.39 Å². The Hall–Kier alpha value is -1.06. The van der Waals surface area contributed by atoms with Gasteiger partial charge in [-0.1, -0.05) is 11.6 Å². The predicted octanol–water partition coefficient (Wildman–Crippen LogP) is 2.74. The average Bonchev–Trinajstić information content (AvgIpc) is 2.42. The van der Waals surface area contributed by atoms with Gasteiger partial charge in [0, 0.05) is 24.7 Å². The molecule has 0 aliphatic rings. The number of aromatic nitrogens is 1. The third-order valence-electron chi connectivity index (χ3n) is 2.87. The summed E-state index contributed by atoms with van der Waals surface area (Å²) < 4.78 is 15.2. The Morgan fingerprint density at radius 2 is 2.13 bits per heavy atom. The van der Waals surface area contributed by atoms with E-state index in [0.29, 0.717) is 6.54 Å². The first-order valence-electron chi connectivity index (χ1n) is 4.69. The van der Waals surface area contributed by atoms with Gasteiger partial charge >= 0.3 is 0 Å². The standard InChI is InChI=1S/C11H12ClFN2/c1-6-8(5-14)7-3-9(12)10(13)4-11(7)15(6)2/h3-4H,5,14H2,1-2H3. The van der Waals surface area contributed by atoms with Gasteiger partial charge in [0.25, 0.3) is 0 Å². The molecule has 0 saturated carbocycles. The fourth-order valence-corrected chi connectivity index (χ4v) is 2.05. The van der Waals surface area contributed by atoms with E-state index in [4.69, 9.17) is 17.3 Å². The molecule has 2 aromatic rings. The molecule has 2 nitrogen and oxygen atoms in total. The van der Waals surface area contributed by atoms with Gasteiger partial charge in [0.15, 0.2) is 0 Å². The van der Waals surface area contributed by atoms with E-state index in [0.717, 1.165) is 22.2 Å². The smallest absolute Gasteiger partial charge is 0.143 e. The molecule has 1 aromatic carbocycles. The van der Waals surface area contributed by atoms with Crippen LogP contribution in [0.1, 0.15) is 11.3 Å². The molecule has 15 heavy (non-hydrogen) atoms. The molecule has 1 heterocycles. The highest BCUT2D eigenvalue weighted by molar-refractivity contribution is 6.31. The summed E-state index contributed by atoms with van der Waals surface area (Å²) in [5, 5.41) is 1.08. The van der Waals surface area contributed by atoms with E-state index >= 15 is 0 Å². The van der Waals surface area contributed by atoms with Crippen molar-refractivity contribution in [3.63, 3.8) is 0 Å². The van der Waals surface area contributed by atoms with Crippen LogP contribution in [0.15, 0.2) is 12.1 Å². The second-order valence-corrected chi connectivity index (χ2v) is 4.02. The summed E-state index contributed by atoms with van der Waals surface area (Å²) in [5.74, 6) is -0.395. The van der Waals surface area contributed by atoms with Crippen LogP contribution in [0.2, 0.25) is 5.02 Å². The first-order valence-corrected chi connectivity index (χ1v) is 5.07. The van der Waals surface area contributed by atoms with E-state index < -0.39 is 5.82 Å². The zero-order valence-corrected chi connectivity index (χ0v) is 9.40. The summed E-state index contributed by atoms with van der Waals surface area (Å²) in [6.45, 7) is 2.40. The van der Waals surface area contributed by atoms with Crippen LogP contribution in [0.4, 0.5) is 4.39 Å². The van der Waals surface area contributed by atoms with Gasteiger partial charge in [-0.05, 0) is 24.6 Å². The first kappa shape index (κ1) is 10.5. The summed E-state index contributed by atoms with van der Waals surface area (Å²) in [5.41, 5.74) is 8.57. The highest BCUT2D eigenvalue weighted by Crippen LogP contribution is 2.29. The number of halogens is 2. The second-order valence-electron chi connectivity index (χ2n) is 3.61. The monoisotopic (exact) mass is 226 g/mol. The van der Waals surface area contributed by atoms with Crippen LogP contribution >= 0.6 is 11.6 Å². The van der Waals surface area contributed by atoms with Crippen LogP contribution < -0.4 is 5.73 Å². The molecule has 80 valence electrons. The number of fused-ring (bicyclic) bond motifs is 1.